The standard InChI is InChI=1S/C23H32N6O3/c1-16-9-11-18(12-10-16)22-25-27-29(26-22)15-21(30)28(14-20-8-5-13-32-20)17(2)23(31)24-19-6-3-4-7-19/h9-12,17,19-20H,3-8,13-15H2,1-2H3,(H,24,31). The second kappa shape index (κ2) is 10.2. The highest BCUT2D eigenvalue weighted by molar-refractivity contribution is 5.87. The van der Waals surface area contributed by atoms with Gasteiger partial charge >= 0.3 is 0 Å². The van der Waals surface area contributed by atoms with Gasteiger partial charge in [0, 0.05) is 24.8 Å². The molecule has 1 N–H and O–H groups in total. The second-order valence-corrected chi connectivity index (χ2v) is 8.86. The number of carbonyl (C=O) groups is 2. The van der Waals surface area contributed by atoms with Crippen LogP contribution in [0.5, 0.6) is 0 Å². The highest BCUT2D eigenvalue weighted by atomic mass is 16.5. The third-order valence-electron chi connectivity index (χ3n) is 6.33. The lowest BCUT2D eigenvalue weighted by Crippen LogP contribution is -2.52. The topological polar surface area (TPSA) is 102 Å². The van der Waals surface area contributed by atoms with E-state index in [9.17, 15) is 9.59 Å². The van der Waals surface area contributed by atoms with Crippen LogP contribution in [-0.2, 0) is 20.9 Å². The molecule has 2 amide bonds. The van der Waals surface area contributed by atoms with E-state index < -0.39 is 6.04 Å². The van der Waals surface area contributed by atoms with E-state index in [0.29, 0.717) is 19.0 Å². The number of amides is 2. The molecule has 2 atom stereocenters. The van der Waals surface area contributed by atoms with Crippen molar-refractivity contribution in [3.63, 3.8) is 0 Å². The van der Waals surface area contributed by atoms with E-state index in [4.69, 9.17) is 4.74 Å². The lowest BCUT2D eigenvalue weighted by atomic mass is 10.1. The van der Waals surface area contributed by atoms with Crippen molar-refractivity contribution < 1.29 is 14.3 Å². The first-order chi connectivity index (χ1) is 15.5. The molecule has 172 valence electrons. The van der Waals surface area contributed by atoms with Crippen LogP contribution >= 0.6 is 0 Å². The fourth-order valence-electron chi connectivity index (χ4n) is 4.36. The van der Waals surface area contributed by atoms with Crippen molar-refractivity contribution in [2.45, 2.75) is 77.1 Å². The fraction of sp³-hybridized carbons (Fsp3) is 0.609. The molecular weight excluding hydrogens is 408 g/mol. The number of aryl methyl sites for hydroxylation is 1. The summed E-state index contributed by atoms with van der Waals surface area (Å²) in [7, 11) is 0. The SMILES string of the molecule is Cc1ccc(-c2nnn(CC(=O)N(CC3CCCO3)C(C)C(=O)NC3CCCC3)n2)cc1. The largest absolute Gasteiger partial charge is 0.376 e. The average molecular weight is 441 g/mol. The highest BCUT2D eigenvalue weighted by Gasteiger charge is 2.31. The first kappa shape index (κ1) is 22.4. The van der Waals surface area contributed by atoms with Gasteiger partial charge in [-0.15, -0.1) is 10.2 Å². The van der Waals surface area contributed by atoms with Crippen molar-refractivity contribution in [3.8, 4) is 11.4 Å². The minimum absolute atomic E-state index is 0.0486. The predicted molar refractivity (Wildman–Crippen MR) is 119 cm³/mol. The summed E-state index contributed by atoms with van der Waals surface area (Å²) >= 11 is 0. The maximum atomic E-state index is 13.2. The molecule has 9 heteroatoms. The Kier molecular flexibility index (Phi) is 7.14. The number of ether oxygens (including phenoxy) is 1. The molecule has 2 heterocycles. The highest BCUT2D eigenvalue weighted by Crippen LogP contribution is 2.19. The molecule has 1 saturated heterocycles. The summed E-state index contributed by atoms with van der Waals surface area (Å²) < 4.78 is 5.74. The predicted octanol–water partition coefficient (Wildman–Crippen LogP) is 2.10. The third kappa shape index (κ3) is 5.51. The number of rotatable bonds is 8. The van der Waals surface area contributed by atoms with E-state index in [1.165, 1.54) is 4.80 Å². The van der Waals surface area contributed by atoms with Gasteiger partial charge in [0.15, 0.2) is 0 Å². The second-order valence-electron chi connectivity index (χ2n) is 8.86. The van der Waals surface area contributed by atoms with Crippen molar-refractivity contribution in [3.05, 3.63) is 29.8 Å². The Hall–Kier alpha value is -2.81. The number of nitrogens with one attached hydrogen (secondary N) is 1. The molecule has 9 nitrogen and oxygen atoms in total. The lowest BCUT2D eigenvalue weighted by molar-refractivity contribution is -0.142. The van der Waals surface area contributed by atoms with Gasteiger partial charge in [-0.05, 0) is 44.7 Å². The van der Waals surface area contributed by atoms with Gasteiger partial charge in [0.05, 0.1) is 6.10 Å². The van der Waals surface area contributed by atoms with Crippen LogP contribution in [0.1, 0.15) is 51.0 Å². The molecule has 0 radical (unpaired) electrons. The summed E-state index contributed by atoms with van der Waals surface area (Å²) in [5.74, 6) is 0.132. The van der Waals surface area contributed by atoms with E-state index in [2.05, 4.69) is 20.7 Å². The maximum Gasteiger partial charge on any atom is 0.247 e. The van der Waals surface area contributed by atoms with Crippen LogP contribution < -0.4 is 5.32 Å². The molecule has 1 aliphatic carbocycles. The van der Waals surface area contributed by atoms with Crippen LogP contribution in [0.15, 0.2) is 24.3 Å². The fourth-order valence-corrected chi connectivity index (χ4v) is 4.36. The zero-order valence-electron chi connectivity index (χ0n) is 18.9. The number of hydrogen-bond donors (Lipinski definition) is 1. The minimum atomic E-state index is -0.590. The lowest BCUT2D eigenvalue weighted by Gasteiger charge is -2.31. The van der Waals surface area contributed by atoms with Gasteiger partial charge in [-0.25, -0.2) is 0 Å². The van der Waals surface area contributed by atoms with E-state index in [1.807, 2.05) is 31.2 Å². The van der Waals surface area contributed by atoms with Crippen LogP contribution in [0.3, 0.4) is 0 Å². The molecular formula is C23H32N6O3. The third-order valence-corrected chi connectivity index (χ3v) is 6.33. The van der Waals surface area contributed by atoms with Gasteiger partial charge in [-0.3, -0.25) is 9.59 Å². The van der Waals surface area contributed by atoms with Crippen LogP contribution in [0.25, 0.3) is 11.4 Å². The number of nitrogens with zero attached hydrogens (tertiary/aromatic N) is 5. The van der Waals surface area contributed by atoms with Gasteiger partial charge < -0.3 is 15.0 Å². The first-order valence-electron chi connectivity index (χ1n) is 11.6. The van der Waals surface area contributed by atoms with Crippen molar-refractivity contribution in [1.82, 2.24) is 30.4 Å². The average Bonchev–Trinajstić information content (AvgIpc) is 3.55. The van der Waals surface area contributed by atoms with Crippen LogP contribution in [0, 0.1) is 6.92 Å². The van der Waals surface area contributed by atoms with Crippen molar-refractivity contribution >= 4 is 11.8 Å². The van der Waals surface area contributed by atoms with Gasteiger partial charge in [-0.1, -0.05) is 42.7 Å². The number of tetrazole rings is 1. The van der Waals surface area contributed by atoms with Gasteiger partial charge in [0.2, 0.25) is 17.6 Å². The van der Waals surface area contributed by atoms with Crippen LogP contribution in [0.2, 0.25) is 0 Å². The Morgan fingerprint density at radius 3 is 2.62 bits per heavy atom. The minimum Gasteiger partial charge on any atom is -0.376 e. The summed E-state index contributed by atoms with van der Waals surface area (Å²) in [4.78, 5) is 29.0. The molecule has 2 aromatic rings. The van der Waals surface area contributed by atoms with E-state index >= 15 is 0 Å². The van der Waals surface area contributed by atoms with E-state index in [-0.39, 0.29) is 30.5 Å². The molecule has 32 heavy (non-hydrogen) atoms. The summed E-state index contributed by atoms with van der Waals surface area (Å²) in [5, 5.41) is 15.6. The molecule has 2 fully saturated rings. The summed E-state index contributed by atoms with van der Waals surface area (Å²) in [6, 6.07) is 7.44. The molecule has 2 aliphatic rings. The van der Waals surface area contributed by atoms with Crippen molar-refractivity contribution in [2.24, 2.45) is 0 Å². The maximum absolute atomic E-state index is 13.2. The molecule has 2 unspecified atom stereocenters. The Bertz CT molecular complexity index is 916. The summed E-state index contributed by atoms with van der Waals surface area (Å²) in [6.45, 7) is 4.80. The van der Waals surface area contributed by atoms with E-state index in [1.54, 1.807) is 11.8 Å². The molecule has 1 aliphatic heterocycles. The molecule has 0 spiro atoms. The zero-order valence-corrected chi connectivity index (χ0v) is 18.9. The van der Waals surface area contributed by atoms with Gasteiger partial charge in [0.1, 0.15) is 12.6 Å². The van der Waals surface area contributed by atoms with Crippen LogP contribution in [-0.4, -0.2) is 68.3 Å². The van der Waals surface area contributed by atoms with Gasteiger partial charge in [-0.2, -0.15) is 4.80 Å². The number of benzene rings is 1. The van der Waals surface area contributed by atoms with Gasteiger partial charge in [0.25, 0.3) is 0 Å². The van der Waals surface area contributed by atoms with Crippen LogP contribution in [0.4, 0.5) is 0 Å². The number of carbonyl (C=O) groups excluding carboxylic acids is 2. The molecule has 4 rings (SSSR count). The quantitative estimate of drug-likeness (QED) is 0.674. The smallest absolute Gasteiger partial charge is 0.247 e. The van der Waals surface area contributed by atoms with Crippen molar-refractivity contribution in [2.75, 3.05) is 13.2 Å². The summed E-state index contributed by atoms with van der Waals surface area (Å²) in [6.07, 6.45) is 6.09. The summed E-state index contributed by atoms with van der Waals surface area (Å²) in [5.41, 5.74) is 1.99. The Balaban J connectivity index is 1.44. The molecule has 1 aromatic heterocycles. The molecule has 0 bridgehead atoms. The number of aromatic nitrogens is 4. The molecule has 1 aromatic carbocycles. The Labute approximate surface area is 188 Å². The first-order valence-corrected chi connectivity index (χ1v) is 11.6. The molecule has 1 saturated carbocycles. The Morgan fingerprint density at radius 2 is 1.94 bits per heavy atom. The number of hydrogen-bond acceptors (Lipinski definition) is 6. The zero-order chi connectivity index (χ0) is 22.5. The van der Waals surface area contributed by atoms with Crippen molar-refractivity contribution in [1.29, 1.82) is 0 Å². The monoisotopic (exact) mass is 440 g/mol. The normalized spacial score (nSPS) is 19.8. The Morgan fingerprint density at radius 1 is 1.19 bits per heavy atom. The van der Waals surface area contributed by atoms with E-state index in [0.717, 1.165) is 49.7 Å².